The Balaban J connectivity index is 1.70. The maximum Gasteiger partial charge on any atom is 0.250 e. The predicted molar refractivity (Wildman–Crippen MR) is 98.0 cm³/mol. The van der Waals surface area contributed by atoms with E-state index in [1.807, 2.05) is 37.3 Å². The van der Waals surface area contributed by atoms with Crippen LogP contribution in [0.3, 0.4) is 0 Å². The maximum atomic E-state index is 11.5. The van der Waals surface area contributed by atoms with Crippen LogP contribution in [0.5, 0.6) is 11.5 Å². The minimum Gasteiger partial charge on any atom is -0.457 e. The second kappa shape index (κ2) is 6.13. The van der Waals surface area contributed by atoms with Crippen molar-refractivity contribution >= 4 is 5.91 Å². The predicted octanol–water partition coefficient (Wildman–Crippen LogP) is 4.37. The molecule has 0 fully saturated rings. The van der Waals surface area contributed by atoms with Crippen molar-refractivity contribution in [2.24, 2.45) is 5.73 Å². The summed E-state index contributed by atoms with van der Waals surface area (Å²) in [4.78, 5) is 14.8. The zero-order valence-corrected chi connectivity index (χ0v) is 14.1. The molecule has 0 atom stereocenters. The van der Waals surface area contributed by atoms with Crippen LogP contribution in [0.15, 0.2) is 48.5 Å². The Hall–Kier alpha value is -3.01. The first kappa shape index (κ1) is 15.5. The van der Waals surface area contributed by atoms with Crippen LogP contribution < -0.4 is 10.5 Å². The highest BCUT2D eigenvalue weighted by atomic mass is 16.5. The van der Waals surface area contributed by atoms with Gasteiger partial charge in [-0.1, -0.05) is 18.2 Å². The summed E-state index contributed by atoms with van der Waals surface area (Å²) in [6.07, 6.45) is 3.49. The van der Waals surface area contributed by atoms with Gasteiger partial charge in [-0.15, -0.1) is 0 Å². The van der Waals surface area contributed by atoms with Gasteiger partial charge in [-0.2, -0.15) is 0 Å². The molecule has 3 N–H and O–H groups in total. The van der Waals surface area contributed by atoms with Crippen molar-refractivity contribution in [1.82, 2.24) is 4.98 Å². The van der Waals surface area contributed by atoms with E-state index < -0.39 is 5.91 Å². The molecule has 4 heteroatoms. The van der Waals surface area contributed by atoms with Gasteiger partial charge in [0.15, 0.2) is 0 Å². The lowest BCUT2D eigenvalue weighted by Crippen LogP contribution is -2.10. The molecule has 0 unspecified atom stereocenters. The highest BCUT2D eigenvalue weighted by Crippen LogP contribution is 2.35. The number of benzene rings is 2. The Labute approximate surface area is 146 Å². The molecule has 0 bridgehead atoms. The minimum atomic E-state index is -0.433. The third-order valence-electron chi connectivity index (χ3n) is 4.76. The average molecular weight is 332 g/mol. The first-order valence-electron chi connectivity index (χ1n) is 8.50. The van der Waals surface area contributed by atoms with E-state index in [0.29, 0.717) is 5.56 Å². The number of amides is 1. The summed E-state index contributed by atoms with van der Waals surface area (Å²) in [5.74, 6) is 1.15. The summed E-state index contributed by atoms with van der Waals surface area (Å²) in [7, 11) is 0. The lowest BCUT2D eigenvalue weighted by Gasteiger charge is -2.11. The second-order valence-electron chi connectivity index (χ2n) is 6.47. The van der Waals surface area contributed by atoms with E-state index in [4.69, 9.17) is 10.5 Å². The smallest absolute Gasteiger partial charge is 0.250 e. The summed E-state index contributed by atoms with van der Waals surface area (Å²) in [6.45, 7) is 1.84. The van der Waals surface area contributed by atoms with Crippen LogP contribution in [0.1, 0.15) is 33.6 Å². The van der Waals surface area contributed by atoms with Crippen LogP contribution >= 0.6 is 0 Å². The second-order valence-corrected chi connectivity index (χ2v) is 6.47. The molecule has 0 saturated carbocycles. The molecule has 0 spiro atoms. The molecule has 126 valence electrons. The molecule has 3 aromatic rings. The van der Waals surface area contributed by atoms with Gasteiger partial charge in [0.25, 0.3) is 5.91 Å². The molecule has 0 aliphatic heterocycles. The molecule has 0 saturated heterocycles. The molecule has 0 radical (unpaired) electrons. The number of aromatic nitrogens is 1. The van der Waals surface area contributed by atoms with Gasteiger partial charge in [-0.3, -0.25) is 4.79 Å². The number of hydrogen-bond acceptors (Lipinski definition) is 2. The molecule has 2 aromatic carbocycles. The van der Waals surface area contributed by atoms with E-state index in [9.17, 15) is 4.79 Å². The average Bonchev–Trinajstić information content (AvgIpc) is 3.21. The summed E-state index contributed by atoms with van der Waals surface area (Å²) < 4.78 is 6.16. The van der Waals surface area contributed by atoms with Gasteiger partial charge < -0.3 is 15.5 Å². The van der Waals surface area contributed by atoms with E-state index in [1.165, 1.54) is 17.5 Å². The summed E-state index contributed by atoms with van der Waals surface area (Å²) >= 11 is 0. The number of carbonyl (C=O) groups excluding carboxylic acids is 1. The number of rotatable bonds is 4. The van der Waals surface area contributed by atoms with Gasteiger partial charge in [0.2, 0.25) is 0 Å². The van der Waals surface area contributed by atoms with Crippen molar-refractivity contribution in [3.05, 3.63) is 70.9 Å². The molecule has 1 aliphatic carbocycles. The largest absolute Gasteiger partial charge is 0.457 e. The van der Waals surface area contributed by atoms with Gasteiger partial charge in [-0.25, -0.2) is 0 Å². The maximum absolute atomic E-state index is 11.5. The SMILES string of the molecule is Cc1[nH]c(-c2ccccc2Oc2ccc3c(c2)CCC3)cc1C(N)=O. The quantitative estimate of drug-likeness (QED) is 0.745. The standard InChI is InChI=1S/C21H20N2O2/c1-13-18(21(22)24)12-19(23-13)17-7-2-3-8-20(17)25-16-10-9-14-5-4-6-15(14)11-16/h2-3,7-12,23H,4-6H2,1H3,(H2,22,24). The number of nitrogens with one attached hydrogen (secondary N) is 1. The molecule has 1 heterocycles. The summed E-state index contributed by atoms with van der Waals surface area (Å²) in [6, 6.07) is 15.9. The molecule has 1 aliphatic rings. The topological polar surface area (TPSA) is 68.1 Å². The van der Waals surface area contributed by atoms with Gasteiger partial charge >= 0.3 is 0 Å². The number of H-pyrrole nitrogens is 1. The van der Waals surface area contributed by atoms with Crippen molar-refractivity contribution in [1.29, 1.82) is 0 Å². The van der Waals surface area contributed by atoms with E-state index in [0.717, 1.165) is 41.3 Å². The number of para-hydroxylation sites is 1. The number of fused-ring (bicyclic) bond motifs is 1. The molecule has 1 amide bonds. The van der Waals surface area contributed by atoms with Gasteiger partial charge in [0.1, 0.15) is 11.5 Å². The number of aromatic amines is 1. The van der Waals surface area contributed by atoms with Crippen LogP contribution in [0.25, 0.3) is 11.3 Å². The third-order valence-corrected chi connectivity index (χ3v) is 4.76. The number of nitrogens with two attached hydrogens (primary N) is 1. The molecular weight excluding hydrogens is 312 g/mol. The molecule has 4 nitrogen and oxygen atoms in total. The Morgan fingerprint density at radius 2 is 1.88 bits per heavy atom. The highest BCUT2D eigenvalue weighted by molar-refractivity contribution is 5.95. The van der Waals surface area contributed by atoms with Gasteiger partial charge in [0.05, 0.1) is 11.3 Å². The third kappa shape index (κ3) is 2.91. The Morgan fingerprint density at radius 1 is 1.08 bits per heavy atom. The molecule has 4 rings (SSSR count). The van der Waals surface area contributed by atoms with Crippen molar-refractivity contribution < 1.29 is 9.53 Å². The van der Waals surface area contributed by atoms with E-state index >= 15 is 0 Å². The Morgan fingerprint density at radius 3 is 2.68 bits per heavy atom. The van der Waals surface area contributed by atoms with E-state index in [1.54, 1.807) is 6.07 Å². The zero-order chi connectivity index (χ0) is 17.4. The Kier molecular flexibility index (Phi) is 3.80. The van der Waals surface area contributed by atoms with E-state index in [2.05, 4.69) is 17.1 Å². The minimum absolute atomic E-state index is 0.433. The van der Waals surface area contributed by atoms with Crippen LogP contribution in [-0.2, 0) is 12.8 Å². The van der Waals surface area contributed by atoms with Crippen molar-refractivity contribution in [2.45, 2.75) is 26.2 Å². The fourth-order valence-electron chi connectivity index (χ4n) is 3.48. The first-order valence-corrected chi connectivity index (χ1v) is 8.50. The number of ether oxygens (including phenoxy) is 1. The highest BCUT2D eigenvalue weighted by Gasteiger charge is 2.15. The Bertz CT molecular complexity index is 956. The first-order chi connectivity index (χ1) is 12.1. The number of primary amides is 1. The van der Waals surface area contributed by atoms with Crippen LogP contribution in [0, 0.1) is 6.92 Å². The fourth-order valence-corrected chi connectivity index (χ4v) is 3.48. The normalized spacial score (nSPS) is 12.8. The lowest BCUT2D eigenvalue weighted by atomic mass is 10.1. The summed E-state index contributed by atoms with van der Waals surface area (Å²) in [5, 5.41) is 0. The van der Waals surface area contributed by atoms with E-state index in [-0.39, 0.29) is 0 Å². The molecular formula is C21H20N2O2. The lowest BCUT2D eigenvalue weighted by molar-refractivity contribution is 0.1000. The fraction of sp³-hybridized carbons (Fsp3) is 0.190. The zero-order valence-electron chi connectivity index (χ0n) is 14.1. The van der Waals surface area contributed by atoms with Crippen LogP contribution in [0.4, 0.5) is 0 Å². The number of hydrogen-bond donors (Lipinski definition) is 2. The van der Waals surface area contributed by atoms with Crippen LogP contribution in [-0.4, -0.2) is 10.9 Å². The van der Waals surface area contributed by atoms with Crippen molar-refractivity contribution in [3.8, 4) is 22.8 Å². The van der Waals surface area contributed by atoms with Crippen molar-refractivity contribution in [2.75, 3.05) is 0 Å². The van der Waals surface area contributed by atoms with Gasteiger partial charge in [0, 0.05) is 11.3 Å². The molecule has 25 heavy (non-hydrogen) atoms. The summed E-state index contributed by atoms with van der Waals surface area (Å²) in [5.41, 5.74) is 11.2. The molecule has 1 aromatic heterocycles. The van der Waals surface area contributed by atoms with Crippen LogP contribution in [0.2, 0.25) is 0 Å². The number of aryl methyl sites for hydroxylation is 3. The van der Waals surface area contributed by atoms with Crippen molar-refractivity contribution in [3.63, 3.8) is 0 Å². The monoisotopic (exact) mass is 332 g/mol. The van der Waals surface area contributed by atoms with Gasteiger partial charge in [-0.05, 0) is 67.6 Å². The number of carbonyl (C=O) groups is 1.